The summed E-state index contributed by atoms with van der Waals surface area (Å²) in [6.45, 7) is 2.58. The first kappa shape index (κ1) is 18.0. The topological polar surface area (TPSA) is 78.4 Å². The van der Waals surface area contributed by atoms with Crippen molar-refractivity contribution in [3.8, 4) is 0 Å². The Bertz CT molecular complexity index is 738. The maximum Gasteiger partial charge on any atom is 0.274 e. The van der Waals surface area contributed by atoms with E-state index in [4.69, 9.17) is 0 Å². The van der Waals surface area contributed by atoms with Gasteiger partial charge in [-0.2, -0.15) is 0 Å². The second kappa shape index (κ2) is 8.53. The monoisotopic (exact) mass is 353 g/mol. The zero-order valence-corrected chi connectivity index (χ0v) is 14.8. The quantitative estimate of drug-likeness (QED) is 0.851. The fourth-order valence-electron chi connectivity index (χ4n) is 3.17. The highest BCUT2D eigenvalue weighted by molar-refractivity contribution is 5.96. The van der Waals surface area contributed by atoms with Gasteiger partial charge in [0, 0.05) is 45.6 Å². The lowest BCUT2D eigenvalue weighted by atomic mass is 10.1. The van der Waals surface area contributed by atoms with Crippen molar-refractivity contribution >= 4 is 11.8 Å². The first-order chi connectivity index (χ1) is 12.7. The minimum Gasteiger partial charge on any atom is -0.357 e. The van der Waals surface area contributed by atoms with Crippen LogP contribution in [0.2, 0.25) is 0 Å². The Kier molecular flexibility index (Phi) is 5.91. The Morgan fingerprint density at radius 2 is 2.00 bits per heavy atom. The third-order valence-corrected chi connectivity index (χ3v) is 4.62. The van der Waals surface area contributed by atoms with Crippen LogP contribution in [0.4, 0.5) is 0 Å². The predicted octanol–water partition coefficient (Wildman–Crippen LogP) is 0.592. The molecule has 1 saturated heterocycles. The molecule has 1 fully saturated rings. The number of nitrogens with one attached hydrogen (secondary N) is 1. The van der Waals surface area contributed by atoms with Crippen LogP contribution in [0.3, 0.4) is 0 Å². The Balaban J connectivity index is 1.67. The maximum atomic E-state index is 12.7. The smallest absolute Gasteiger partial charge is 0.274 e. The van der Waals surface area contributed by atoms with Gasteiger partial charge in [-0.05, 0) is 12.0 Å². The first-order valence-corrected chi connectivity index (χ1v) is 8.74. The van der Waals surface area contributed by atoms with Crippen molar-refractivity contribution in [2.24, 2.45) is 0 Å². The van der Waals surface area contributed by atoms with Crippen LogP contribution in [0.15, 0.2) is 48.9 Å². The van der Waals surface area contributed by atoms with Gasteiger partial charge in [-0.25, -0.2) is 4.98 Å². The summed E-state index contributed by atoms with van der Waals surface area (Å²) in [6, 6.07) is 9.73. The zero-order chi connectivity index (χ0) is 18.4. The molecule has 1 N–H and O–H groups in total. The minimum atomic E-state index is -0.529. The number of piperazine rings is 1. The van der Waals surface area contributed by atoms with Crippen LogP contribution in [-0.2, 0) is 11.2 Å². The summed E-state index contributed by atoms with van der Waals surface area (Å²) in [7, 11) is 1.59. The lowest BCUT2D eigenvalue weighted by Crippen LogP contribution is -2.60. The van der Waals surface area contributed by atoms with Crippen molar-refractivity contribution in [3.63, 3.8) is 0 Å². The second-order valence-electron chi connectivity index (χ2n) is 6.26. The van der Waals surface area contributed by atoms with Crippen molar-refractivity contribution < 1.29 is 9.59 Å². The highest BCUT2D eigenvalue weighted by Crippen LogP contribution is 2.14. The van der Waals surface area contributed by atoms with Crippen LogP contribution in [0.1, 0.15) is 16.1 Å². The second-order valence-corrected chi connectivity index (χ2v) is 6.26. The van der Waals surface area contributed by atoms with E-state index in [-0.39, 0.29) is 17.5 Å². The summed E-state index contributed by atoms with van der Waals surface area (Å²) in [4.78, 5) is 37.0. The van der Waals surface area contributed by atoms with E-state index in [0.717, 1.165) is 19.5 Å². The lowest BCUT2D eigenvalue weighted by Gasteiger charge is -2.40. The fraction of sp³-hybridized carbons (Fsp3) is 0.368. The fourth-order valence-corrected chi connectivity index (χ4v) is 3.17. The summed E-state index contributed by atoms with van der Waals surface area (Å²) in [5.41, 5.74) is 1.53. The third kappa shape index (κ3) is 4.23. The predicted molar refractivity (Wildman–Crippen MR) is 97.5 cm³/mol. The number of hydrogen-bond donors (Lipinski definition) is 1. The molecule has 0 spiro atoms. The van der Waals surface area contributed by atoms with Crippen LogP contribution in [-0.4, -0.2) is 70.9 Å². The average molecular weight is 353 g/mol. The average Bonchev–Trinajstić information content (AvgIpc) is 2.72. The van der Waals surface area contributed by atoms with Crippen LogP contribution >= 0.6 is 0 Å². The number of hydrogen-bond acceptors (Lipinski definition) is 5. The van der Waals surface area contributed by atoms with Crippen LogP contribution in [0.25, 0.3) is 0 Å². The SMILES string of the molecule is CNC(=O)[C@H]1CN(CCc2ccccc2)CCN1C(=O)c1cnccn1. The molecular formula is C19H23N5O2. The van der Waals surface area contributed by atoms with E-state index in [1.165, 1.54) is 24.2 Å². The van der Waals surface area contributed by atoms with E-state index in [2.05, 4.69) is 32.3 Å². The van der Waals surface area contributed by atoms with E-state index in [1.54, 1.807) is 11.9 Å². The van der Waals surface area contributed by atoms with E-state index >= 15 is 0 Å². The Labute approximate surface area is 153 Å². The van der Waals surface area contributed by atoms with Gasteiger partial charge in [0.25, 0.3) is 5.91 Å². The summed E-state index contributed by atoms with van der Waals surface area (Å²) in [5, 5.41) is 2.67. The lowest BCUT2D eigenvalue weighted by molar-refractivity contribution is -0.127. The summed E-state index contributed by atoms with van der Waals surface area (Å²) < 4.78 is 0. The molecule has 1 aromatic heterocycles. The summed E-state index contributed by atoms with van der Waals surface area (Å²) in [5.74, 6) is -0.416. The summed E-state index contributed by atoms with van der Waals surface area (Å²) in [6.07, 6.45) is 5.36. The number of carbonyl (C=O) groups excluding carboxylic acids is 2. The standard InChI is InChI=1S/C19H23N5O2/c1-20-18(25)17-14-23(10-7-15-5-3-2-4-6-15)11-12-24(17)19(26)16-13-21-8-9-22-16/h2-6,8-9,13,17H,7,10-12,14H2,1H3,(H,20,25)/t17-/m1/s1. The number of benzene rings is 1. The van der Waals surface area contributed by atoms with E-state index < -0.39 is 6.04 Å². The van der Waals surface area contributed by atoms with Gasteiger partial charge in [0.2, 0.25) is 5.91 Å². The molecule has 2 aromatic rings. The van der Waals surface area contributed by atoms with Crippen LogP contribution in [0.5, 0.6) is 0 Å². The number of likely N-dealkylation sites (N-methyl/N-ethyl adjacent to an activating group) is 1. The first-order valence-electron chi connectivity index (χ1n) is 8.74. The Morgan fingerprint density at radius 1 is 1.19 bits per heavy atom. The number of nitrogens with zero attached hydrogens (tertiary/aromatic N) is 4. The molecular weight excluding hydrogens is 330 g/mol. The van der Waals surface area contributed by atoms with Gasteiger partial charge in [0.1, 0.15) is 11.7 Å². The molecule has 1 atom stereocenters. The molecule has 1 aromatic carbocycles. The van der Waals surface area contributed by atoms with Crippen molar-refractivity contribution in [1.29, 1.82) is 0 Å². The van der Waals surface area contributed by atoms with Gasteiger partial charge in [0.05, 0.1) is 6.20 Å². The molecule has 136 valence electrons. The van der Waals surface area contributed by atoms with E-state index in [9.17, 15) is 9.59 Å². The normalized spacial score (nSPS) is 17.7. The number of rotatable bonds is 5. The largest absolute Gasteiger partial charge is 0.357 e. The highest BCUT2D eigenvalue weighted by Gasteiger charge is 2.35. The molecule has 1 aliphatic rings. The highest BCUT2D eigenvalue weighted by atomic mass is 16.2. The third-order valence-electron chi connectivity index (χ3n) is 4.62. The van der Waals surface area contributed by atoms with Gasteiger partial charge in [0.15, 0.2) is 0 Å². The molecule has 0 bridgehead atoms. The zero-order valence-electron chi connectivity index (χ0n) is 14.8. The van der Waals surface area contributed by atoms with Crippen molar-refractivity contribution in [2.45, 2.75) is 12.5 Å². The maximum absolute atomic E-state index is 12.7. The van der Waals surface area contributed by atoms with Gasteiger partial charge in [-0.15, -0.1) is 0 Å². The molecule has 0 aliphatic carbocycles. The number of amides is 2. The minimum absolute atomic E-state index is 0.161. The van der Waals surface area contributed by atoms with Crippen molar-refractivity contribution in [3.05, 3.63) is 60.2 Å². The number of aromatic nitrogens is 2. The van der Waals surface area contributed by atoms with Crippen molar-refractivity contribution in [2.75, 3.05) is 33.2 Å². The Hall–Kier alpha value is -2.80. The molecule has 0 unspecified atom stereocenters. The molecule has 0 radical (unpaired) electrons. The van der Waals surface area contributed by atoms with Crippen molar-refractivity contribution in [1.82, 2.24) is 25.1 Å². The molecule has 7 heteroatoms. The molecule has 2 amide bonds. The van der Waals surface area contributed by atoms with Crippen LogP contribution < -0.4 is 5.32 Å². The molecule has 26 heavy (non-hydrogen) atoms. The van der Waals surface area contributed by atoms with E-state index in [1.807, 2.05) is 18.2 Å². The van der Waals surface area contributed by atoms with Gasteiger partial charge >= 0.3 is 0 Å². The van der Waals surface area contributed by atoms with Gasteiger partial charge in [-0.3, -0.25) is 19.5 Å². The number of carbonyl (C=O) groups is 2. The van der Waals surface area contributed by atoms with Crippen LogP contribution in [0, 0.1) is 0 Å². The molecule has 0 saturated carbocycles. The van der Waals surface area contributed by atoms with Gasteiger partial charge in [-0.1, -0.05) is 30.3 Å². The molecule has 2 heterocycles. The Morgan fingerprint density at radius 3 is 2.69 bits per heavy atom. The van der Waals surface area contributed by atoms with E-state index in [0.29, 0.717) is 13.1 Å². The summed E-state index contributed by atoms with van der Waals surface area (Å²) >= 11 is 0. The molecule has 3 rings (SSSR count). The molecule has 7 nitrogen and oxygen atoms in total. The molecule has 1 aliphatic heterocycles. The van der Waals surface area contributed by atoms with Gasteiger partial charge < -0.3 is 10.2 Å².